The van der Waals surface area contributed by atoms with Crippen molar-refractivity contribution in [3.05, 3.63) is 58.1 Å². The van der Waals surface area contributed by atoms with Crippen LogP contribution in [0.5, 0.6) is 0 Å². The smallest absolute Gasteiger partial charge is 0.279 e. The molecule has 2 aromatic rings. The fourth-order valence-corrected chi connectivity index (χ4v) is 3.52. The first kappa shape index (κ1) is 19.7. The van der Waals surface area contributed by atoms with E-state index in [1.807, 2.05) is 24.3 Å². The highest BCUT2D eigenvalue weighted by Gasteiger charge is 2.22. The molecule has 1 heterocycles. The summed E-state index contributed by atoms with van der Waals surface area (Å²) in [4.78, 5) is 27.2. The van der Waals surface area contributed by atoms with Gasteiger partial charge in [0.25, 0.3) is 5.91 Å². The first-order valence-electron chi connectivity index (χ1n) is 8.87. The molecule has 2 aromatic carbocycles. The van der Waals surface area contributed by atoms with Crippen LogP contribution in [0.3, 0.4) is 0 Å². The van der Waals surface area contributed by atoms with Crippen molar-refractivity contribution in [1.29, 1.82) is 0 Å². The lowest BCUT2D eigenvalue weighted by molar-refractivity contribution is -0.892. The molecular formula is C20H22Cl2N3O2+. The lowest BCUT2D eigenvalue weighted by Gasteiger charge is -2.33. The number of hydrogen-bond acceptors (Lipinski definition) is 3. The normalized spacial score (nSPS) is 14.9. The topological polar surface area (TPSA) is 53.9 Å². The molecule has 3 rings (SSSR count). The SMILES string of the molecule is CC(=O)c1ccc(N2CC[NH+](CC(=O)Nc3cc(Cl)ccc3Cl)CC2)cc1. The summed E-state index contributed by atoms with van der Waals surface area (Å²) in [5, 5.41) is 3.84. The Morgan fingerprint density at radius 3 is 2.37 bits per heavy atom. The number of piperazine rings is 1. The zero-order chi connectivity index (χ0) is 19.4. The number of Topliss-reactive ketones (excluding diaryl/α,β-unsaturated/α-hetero) is 1. The van der Waals surface area contributed by atoms with E-state index in [0.29, 0.717) is 22.3 Å². The van der Waals surface area contributed by atoms with Crippen molar-refractivity contribution in [3.63, 3.8) is 0 Å². The number of hydrogen-bond donors (Lipinski definition) is 2. The van der Waals surface area contributed by atoms with E-state index in [0.717, 1.165) is 37.4 Å². The quantitative estimate of drug-likeness (QED) is 0.750. The average molecular weight is 407 g/mol. The van der Waals surface area contributed by atoms with Crippen LogP contribution in [0, 0.1) is 0 Å². The van der Waals surface area contributed by atoms with Crippen molar-refractivity contribution in [2.45, 2.75) is 6.92 Å². The third kappa shape index (κ3) is 5.22. The minimum atomic E-state index is -0.0755. The number of carbonyl (C=O) groups excluding carboxylic acids is 2. The summed E-state index contributed by atoms with van der Waals surface area (Å²) in [5.41, 5.74) is 2.37. The maximum atomic E-state index is 12.3. The van der Waals surface area contributed by atoms with Crippen molar-refractivity contribution in [3.8, 4) is 0 Å². The Hall–Kier alpha value is -2.08. The minimum absolute atomic E-state index is 0.0710. The molecule has 1 saturated heterocycles. The van der Waals surface area contributed by atoms with Gasteiger partial charge in [0.15, 0.2) is 12.3 Å². The molecule has 0 aromatic heterocycles. The highest BCUT2D eigenvalue weighted by Crippen LogP contribution is 2.25. The molecule has 2 N–H and O–H groups in total. The van der Waals surface area contributed by atoms with E-state index in [1.54, 1.807) is 25.1 Å². The fraction of sp³-hybridized carbons (Fsp3) is 0.300. The maximum Gasteiger partial charge on any atom is 0.279 e. The Kier molecular flexibility index (Phi) is 6.37. The standard InChI is InChI=1S/C20H21Cl2N3O2/c1-14(26)15-2-5-17(6-3-15)25-10-8-24(9-11-25)13-20(27)23-19-12-16(21)4-7-18(19)22/h2-7,12H,8-11,13H2,1H3,(H,23,27)/p+1. The molecule has 1 amide bonds. The van der Waals surface area contributed by atoms with E-state index in [-0.39, 0.29) is 11.7 Å². The van der Waals surface area contributed by atoms with E-state index in [2.05, 4.69) is 10.2 Å². The van der Waals surface area contributed by atoms with Crippen molar-refractivity contribution in [1.82, 2.24) is 0 Å². The monoisotopic (exact) mass is 406 g/mol. The number of amides is 1. The molecule has 27 heavy (non-hydrogen) atoms. The molecule has 142 valence electrons. The second-order valence-corrected chi connectivity index (χ2v) is 7.53. The molecule has 7 heteroatoms. The molecule has 0 aliphatic carbocycles. The first-order chi connectivity index (χ1) is 12.9. The third-order valence-corrected chi connectivity index (χ3v) is 5.29. The van der Waals surface area contributed by atoms with E-state index in [9.17, 15) is 9.59 Å². The zero-order valence-electron chi connectivity index (χ0n) is 15.1. The number of anilines is 2. The minimum Gasteiger partial charge on any atom is -0.360 e. The van der Waals surface area contributed by atoms with E-state index >= 15 is 0 Å². The summed E-state index contributed by atoms with van der Waals surface area (Å²) in [6, 6.07) is 12.7. The summed E-state index contributed by atoms with van der Waals surface area (Å²) in [7, 11) is 0. The Bertz CT molecular complexity index is 832. The molecular weight excluding hydrogens is 385 g/mol. The molecule has 0 saturated carbocycles. The molecule has 0 bridgehead atoms. The molecule has 1 aliphatic rings. The Morgan fingerprint density at radius 2 is 1.74 bits per heavy atom. The van der Waals surface area contributed by atoms with Crippen LogP contribution in [-0.2, 0) is 4.79 Å². The molecule has 0 spiro atoms. The predicted molar refractivity (Wildman–Crippen MR) is 109 cm³/mol. The van der Waals surface area contributed by atoms with Crippen LogP contribution in [0.2, 0.25) is 10.0 Å². The van der Waals surface area contributed by atoms with Gasteiger partial charge in [-0.3, -0.25) is 9.59 Å². The van der Waals surface area contributed by atoms with Crippen LogP contribution in [0.15, 0.2) is 42.5 Å². The van der Waals surface area contributed by atoms with Gasteiger partial charge >= 0.3 is 0 Å². The van der Waals surface area contributed by atoms with Crippen LogP contribution in [0.25, 0.3) is 0 Å². The third-order valence-electron chi connectivity index (χ3n) is 4.72. The highest BCUT2D eigenvalue weighted by atomic mass is 35.5. The molecule has 0 unspecified atom stereocenters. The second-order valence-electron chi connectivity index (χ2n) is 6.69. The Balaban J connectivity index is 1.51. The number of carbonyl (C=O) groups is 2. The number of ketones is 1. The van der Waals surface area contributed by atoms with Crippen LogP contribution >= 0.6 is 23.2 Å². The van der Waals surface area contributed by atoms with E-state index < -0.39 is 0 Å². The Morgan fingerprint density at radius 1 is 1.07 bits per heavy atom. The van der Waals surface area contributed by atoms with Gasteiger partial charge < -0.3 is 15.1 Å². The zero-order valence-corrected chi connectivity index (χ0v) is 16.6. The fourth-order valence-electron chi connectivity index (χ4n) is 3.18. The molecule has 1 aliphatic heterocycles. The predicted octanol–water partition coefficient (Wildman–Crippen LogP) is 2.54. The van der Waals surface area contributed by atoms with Gasteiger partial charge in [0.1, 0.15) is 0 Å². The maximum absolute atomic E-state index is 12.3. The number of rotatable bonds is 5. The lowest BCUT2D eigenvalue weighted by Crippen LogP contribution is -3.15. The van der Waals surface area contributed by atoms with Crippen LogP contribution < -0.4 is 15.1 Å². The number of benzene rings is 2. The summed E-state index contributed by atoms with van der Waals surface area (Å²) >= 11 is 12.0. The van der Waals surface area contributed by atoms with Crippen molar-refractivity contribution >= 4 is 46.3 Å². The van der Waals surface area contributed by atoms with E-state index in [1.165, 1.54) is 4.90 Å². The number of quaternary nitrogens is 1. The molecule has 5 nitrogen and oxygen atoms in total. The van der Waals surface area contributed by atoms with Gasteiger partial charge in [0.05, 0.1) is 36.9 Å². The second kappa shape index (κ2) is 8.74. The number of halogens is 2. The molecule has 1 fully saturated rings. The van der Waals surface area contributed by atoms with Crippen molar-refractivity contribution in [2.24, 2.45) is 0 Å². The van der Waals surface area contributed by atoms with Crippen LogP contribution in [-0.4, -0.2) is 44.4 Å². The van der Waals surface area contributed by atoms with E-state index in [4.69, 9.17) is 23.2 Å². The van der Waals surface area contributed by atoms with Crippen LogP contribution in [0.1, 0.15) is 17.3 Å². The summed E-state index contributed by atoms with van der Waals surface area (Å²) in [5.74, 6) is -0.00457. The van der Waals surface area contributed by atoms with Gasteiger partial charge in [-0.15, -0.1) is 0 Å². The summed E-state index contributed by atoms with van der Waals surface area (Å²) in [6.45, 7) is 5.41. The first-order valence-corrected chi connectivity index (χ1v) is 9.62. The highest BCUT2D eigenvalue weighted by molar-refractivity contribution is 6.35. The van der Waals surface area contributed by atoms with Crippen LogP contribution in [0.4, 0.5) is 11.4 Å². The van der Waals surface area contributed by atoms with Gasteiger partial charge in [-0.2, -0.15) is 0 Å². The molecule has 0 radical (unpaired) electrons. The van der Waals surface area contributed by atoms with Gasteiger partial charge in [-0.1, -0.05) is 23.2 Å². The Labute approximate surface area is 168 Å². The van der Waals surface area contributed by atoms with Gasteiger partial charge in [-0.05, 0) is 49.4 Å². The lowest BCUT2D eigenvalue weighted by atomic mass is 10.1. The summed E-state index contributed by atoms with van der Waals surface area (Å²) in [6.07, 6.45) is 0. The number of nitrogens with zero attached hydrogens (tertiary/aromatic N) is 1. The largest absolute Gasteiger partial charge is 0.360 e. The van der Waals surface area contributed by atoms with Gasteiger partial charge in [-0.25, -0.2) is 0 Å². The average Bonchev–Trinajstić information content (AvgIpc) is 2.65. The van der Waals surface area contributed by atoms with Gasteiger partial charge in [0.2, 0.25) is 0 Å². The van der Waals surface area contributed by atoms with Crippen molar-refractivity contribution < 1.29 is 14.5 Å². The summed E-state index contributed by atoms with van der Waals surface area (Å²) < 4.78 is 0. The molecule has 0 atom stereocenters. The van der Waals surface area contributed by atoms with Crippen molar-refractivity contribution in [2.75, 3.05) is 42.9 Å². The van der Waals surface area contributed by atoms with Gasteiger partial charge in [0, 0.05) is 16.3 Å². The number of nitrogens with one attached hydrogen (secondary N) is 2.